The Morgan fingerprint density at radius 3 is 2.55 bits per heavy atom. The van der Waals surface area contributed by atoms with E-state index in [9.17, 15) is 19.8 Å². The van der Waals surface area contributed by atoms with Crippen LogP contribution in [0.3, 0.4) is 0 Å². The van der Waals surface area contributed by atoms with E-state index in [4.69, 9.17) is 14.9 Å². The molecule has 4 atom stereocenters. The van der Waals surface area contributed by atoms with Crippen molar-refractivity contribution in [3.05, 3.63) is 23.8 Å². The molecule has 0 aromatic heterocycles. The van der Waals surface area contributed by atoms with E-state index in [-0.39, 0.29) is 18.4 Å². The van der Waals surface area contributed by atoms with Crippen molar-refractivity contribution in [2.75, 3.05) is 6.61 Å². The van der Waals surface area contributed by atoms with Gasteiger partial charge < -0.3 is 25.2 Å². The lowest BCUT2D eigenvalue weighted by Crippen LogP contribution is -2.61. The van der Waals surface area contributed by atoms with Gasteiger partial charge in [-0.25, -0.2) is 4.79 Å². The number of rotatable bonds is 4. The van der Waals surface area contributed by atoms with Gasteiger partial charge in [-0.3, -0.25) is 4.79 Å². The molecule has 1 aliphatic carbocycles. The number of esters is 1. The predicted octanol–water partition coefficient (Wildman–Crippen LogP) is -0.247. The highest BCUT2D eigenvalue weighted by atomic mass is 16.6. The normalized spacial score (nSPS) is 41.8. The molecule has 7 nitrogen and oxygen atoms in total. The van der Waals surface area contributed by atoms with Crippen molar-refractivity contribution in [3.63, 3.8) is 0 Å². The average molecular weight is 312 g/mol. The number of carbonyl (C=O) groups is 2. The minimum Gasteiger partial charge on any atom is -0.478 e. The van der Waals surface area contributed by atoms with Crippen LogP contribution in [0.15, 0.2) is 23.8 Å². The quantitative estimate of drug-likeness (QED) is 0.320. The van der Waals surface area contributed by atoms with E-state index in [1.165, 1.54) is 26.0 Å². The number of carboxylic acids is 1. The number of hydrogen-bond donors (Lipinski definition) is 4. The first-order chi connectivity index (χ1) is 10.1. The summed E-state index contributed by atoms with van der Waals surface area (Å²) < 4.78 is 5.31. The molecule has 0 unspecified atom stereocenters. The van der Waals surface area contributed by atoms with Crippen LogP contribution in [0.2, 0.25) is 0 Å². The van der Waals surface area contributed by atoms with Gasteiger partial charge in [0.05, 0.1) is 12.7 Å². The van der Waals surface area contributed by atoms with Crippen LogP contribution in [0, 0.1) is 5.41 Å². The summed E-state index contributed by atoms with van der Waals surface area (Å²) in [7, 11) is 0. The van der Waals surface area contributed by atoms with E-state index in [0.29, 0.717) is 0 Å². The Morgan fingerprint density at radius 1 is 1.41 bits per heavy atom. The molecule has 0 aromatic rings. The molecule has 2 fully saturated rings. The fourth-order valence-electron chi connectivity index (χ4n) is 3.46. The van der Waals surface area contributed by atoms with E-state index < -0.39 is 41.3 Å². The molecule has 22 heavy (non-hydrogen) atoms. The third-order valence-corrected chi connectivity index (χ3v) is 4.72. The number of aliphatic carboxylic acids is 1. The highest BCUT2D eigenvalue weighted by Gasteiger charge is 2.72. The van der Waals surface area contributed by atoms with Crippen LogP contribution in [0.5, 0.6) is 0 Å². The minimum atomic E-state index is -1.71. The molecule has 1 aliphatic heterocycles. The smallest absolute Gasteiger partial charge is 0.328 e. The average Bonchev–Trinajstić information content (AvgIpc) is 2.47. The summed E-state index contributed by atoms with van der Waals surface area (Å²) in [6, 6.07) is 0. The molecule has 2 aliphatic rings. The summed E-state index contributed by atoms with van der Waals surface area (Å²) in [5, 5.41) is 38.8. The van der Waals surface area contributed by atoms with Crippen LogP contribution in [0.25, 0.3) is 0 Å². The Labute approximate surface area is 127 Å². The summed E-state index contributed by atoms with van der Waals surface area (Å²) in [5.74, 6) is -1.83. The maximum absolute atomic E-state index is 12.2. The van der Waals surface area contributed by atoms with Crippen molar-refractivity contribution in [1.82, 2.24) is 0 Å². The third-order valence-electron chi connectivity index (χ3n) is 4.72. The second kappa shape index (κ2) is 5.19. The zero-order valence-corrected chi connectivity index (χ0v) is 12.4. The molecule has 1 heterocycles. The monoisotopic (exact) mass is 312 g/mol. The van der Waals surface area contributed by atoms with Crippen molar-refractivity contribution < 1.29 is 34.8 Å². The van der Waals surface area contributed by atoms with Gasteiger partial charge in [0.1, 0.15) is 16.6 Å². The minimum absolute atomic E-state index is 0.0410. The summed E-state index contributed by atoms with van der Waals surface area (Å²) in [6.45, 7) is 2.51. The Hall–Kier alpha value is -1.70. The van der Waals surface area contributed by atoms with Gasteiger partial charge in [-0.15, -0.1) is 0 Å². The van der Waals surface area contributed by atoms with E-state index in [0.717, 1.165) is 6.08 Å². The zero-order chi connectivity index (χ0) is 16.8. The van der Waals surface area contributed by atoms with Crippen molar-refractivity contribution in [3.8, 4) is 0 Å². The van der Waals surface area contributed by atoms with E-state index in [1.54, 1.807) is 0 Å². The van der Waals surface area contributed by atoms with Gasteiger partial charge >= 0.3 is 11.9 Å². The Bertz CT molecular complexity index is 566. The van der Waals surface area contributed by atoms with Crippen molar-refractivity contribution >= 4 is 11.9 Å². The molecule has 122 valence electrons. The molecular formula is C15H20O7. The highest BCUT2D eigenvalue weighted by Crippen LogP contribution is 2.58. The number of carboxylic acid groups (broad SMARTS) is 1. The van der Waals surface area contributed by atoms with Crippen molar-refractivity contribution in [2.24, 2.45) is 5.41 Å². The molecule has 7 heteroatoms. The Balaban J connectivity index is 2.44. The first kappa shape index (κ1) is 16.7. The van der Waals surface area contributed by atoms with Gasteiger partial charge in [-0.1, -0.05) is 6.08 Å². The molecule has 2 bridgehead atoms. The largest absolute Gasteiger partial charge is 0.478 e. The van der Waals surface area contributed by atoms with Crippen LogP contribution in [-0.4, -0.2) is 56.3 Å². The lowest BCUT2D eigenvalue weighted by molar-refractivity contribution is -0.156. The molecule has 0 spiro atoms. The van der Waals surface area contributed by atoms with Gasteiger partial charge in [0.15, 0.2) is 0 Å². The molecule has 0 amide bonds. The van der Waals surface area contributed by atoms with Crippen LogP contribution in [0.4, 0.5) is 0 Å². The highest BCUT2D eigenvalue weighted by molar-refractivity contribution is 5.84. The molecule has 1 saturated carbocycles. The van der Waals surface area contributed by atoms with Crippen LogP contribution >= 0.6 is 0 Å². The molecular weight excluding hydrogens is 292 g/mol. The molecule has 0 radical (unpaired) electrons. The van der Waals surface area contributed by atoms with Crippen LogP contribution in [-0.2, 0) is 14.3 Å². The third kappa shape index (κ3) is 2.25. The lowest BCUT2D eigenvalue weighted by Gasteiger charge is -2.47. The van der Waals surface area contributed by atoms with Crippen LogP contribution in [0.1, 0.15) is 26.7 Å². The Morgan fingerprint density at radius 2 is 2.05 bits per heavy atom. The summed E-state index contributed by atoms with van der Waals surface area (Å²) >= 11 is 0. The fraction of sp³-hybridized carbons (Fsp3) is 0.600. The summed E-state index contributed by atoms with van der Waals surface area (Å²) in [5.41, 5.74) is -4.27. The van der Waals surface area contributed by atoms with Crippen LogP contribution < -0.4 is 0 Å². The first-order valence-electron chi connectivity index (χ1n) is 6.95. The number of aliphatic hydroxyl groups excluding tert-OH is 2. The Kier molecular flexibility index (Phi) is 3.93. The maximum Gasteiger partial charge on any atom is 0.328 e. The lowest BCUT2D eigenvalue weighted by atomic mass is 9.59. The number of aliphatic hydroxyl groups is 3. The summed E-state index contributed by atoms with van der Waals surface area (Å²) in [4.78, 5) is 22.8. The van der Waals surface area contributed by atoms with E-state index in [1.807, 2.05) is 0 Å². The molecule has 0 aromatic carbocycles. The van der Waals surface area contributed by atoms with E-state index >= 15 is 0 Å². The molecule has 2 rings (SSSR count). The predicted molar refractivity (Wildman–Crippen MR) is 74.7 cm³/mol. The van der Waals surface area contributed by atoms with Gasteiger partial charge in [0.2, 0.25) is 0 Å². The summed E-state index contributed by atoms with van der Waals surface area (Å²) in [6.07, 6.45) is 2.71. The topological polar surface area (TPSA) is 124 Å². The second-order valence-corrected chi connectivity index (χ2v) is 6.33. The number of hydrogen-bond acceptors (Lipinski definition) is 6. The van der Waals surface area contributed by atoms with Gasteiger partial charge in [-0.05, 0) is 31.9 Å². The molecule has 4 N–H and O–H groups in total. The number of ether oxygens (including phenoxy) is 1. The second-order valence-electron chi connectivity index (χ2n) is 6.33. The van der Waals surface area contributed by atoms with Crippen molar-refractivity contribution in [1.29, 1.82) is 0 Å². The van der Waals surface area contributed by atoms with Gasteiger partial charge in [-0.2, -0.15) is 0 Å². The van der Waals surface area contributed by atoms with Gasteiger partial charge in [0.25, 0.3) is 0 Å². The number of carbonyl (C=O) groups excluding carboxylic acids is 1. The zero-order valence-electron chi connectivity index (χ0n) is 12.4. The maximum atomic E-state index is 12.2. The first-order valence-corrected chi connectivity index (χ1v) is 6.95. The standard InChI is InChI=1S/C15H20O7/c1-13-6-10(17)7-14(2,22-12(13)20)15(13,21)4-3-9(8-16)5-11(18)19/h3-5,10,16-17,21H,6-8H2,1-2H3,(H,18,19)/t10-,13+,14-,15-/m1/s1. The fourth-order valence-corrected chi connectivity index (χ4v) is 3.46. The van der Waals surface area contributed by atoms with Gasteiger partial charge in [0, 0.05) is 12.5 Å². The van der Waals surface area contributed by atoms with E-state index in [2.05, 4.69) is 0 Å². The molecule has 1 saturated heterocycles. The SMILES string of the molecule is C[C@]12C[C@H](O)C[C@@](C)(C(=O)O1)[C@]2(O)C=CC(=CC(=O)O)CO. The number of fused-ring (bicyclic) bond motifs is 2. The van der Waals surface area contributed by atoms with Crippen molar-refractivity contribution in [2.45, 2.75) is 44.0 Å².